The summed E-state index contributed by atoms with van der Waals surface area (Å²) in [4.78, 5) is 17.5. The Morgan fingerprint density at radius 3 is 1.64 bits per heavy atom. The summed E-state index contributed by atoms with van der Waals surface area (Å²) >= 11 is 6.45. The van der Waals surface area contributed by atoms with Crippen molar-refractivity contribution in [2.45, 2.75) is 39.3 Å². The van der Waals surface area contributed by atoms with Crippen LogP contribution in [0.15, 0.2) is 146 Å². The van der Waals surface area contributed by atoms with E-state index >= 15 is 0 Å². The van der Waals surface area contributed by atoms with Crippen molar-refractivity contribution in [2.75, 3.05) is 10.6 Å². The van der Waals surface area contributed by atoms with Crippen LogP contribution >= 0.6 is 11.6 Å². The summed E-state index contributed by atoms with van der Waals surface area (Å²) in [6.45, 7) is 7.61. The Morgan fingerprint density at radius 1 is 0.623 bits per heavy atom. The van der Waals surface area contributed by atoms with E-state index in [1.807, 2.05) is 155 Å². The van der Waals surface area contributed by atoms with E-state index in [4.69, 9.17) is 32.5 Å². The second kappa shape index (κ2) is 19.1. The van der Waals surface area contributed by atoms with Crippen LogP contribution in [0, 0.1) is 30.6 Å². The fraction of sp³-hybridized carbons (Fsp3) is 0.120. The molecule has 0 amide bonds. The molecule has 1 atom stereocenters. The molecule has 2 aromatic heterocycles. The van der Waals surface area contributed by atoms with Gasteiger partial charge in [0.1, 0.15) is 47.3 Å². The molecule has 6 aromatic carbocycles. The van der Waals surface area contributed by atoms with Gasteiger partial charge in [0, 0.05) is 33.3 Å². The normalized spacial score (nSPS) is 11.2. The number of ether oxygens (including phenoxy) is 2. The number of fused-ring (bicyclic) bond motifs is 2. The molecule has 8 aromatic rings. The molecule has 302 valence electrons. The summed E-state index contributed by atoms with van der Waals surface area (Å²) in [6.07, 6.45) is 3.07. The highest BCUT2D eigenvalue weighted by atomic mass is 35.5. The molecule has 11 heteroatoms. The van der Waals surface area contributed by atoms with E-state index in [2.05, 4.69) is 54.3 Å². The van der Waals surface area contributed by atoms with Gasteiger partial charge in [0.15, 0.2) is 0 Å². The first-order chi connectivity index (χ1) is 29.5. The van der Waals surface area contributed by atoms with Crippen LogP contribution in [-0.2, 0) is 0 Å². The molecule has 2 heterocycles. The molecule has 8 rings (SSSR count). The van der Waals surface area contributed by atoms with Crippen molar-refractivity contribution >= 4 is 56.4 Å². The number of rotatable bonds is 8. The minimum atomic E-state index is -0.566. The van der Waals surface area contributed by atoms with Crippen molar-refractivity contribution in [3.05, 3.63) is 168 Å². The summed E-state index contributed by atoms with van der Waals surface area (Å²) < 4.78 is 11.8. The van der Waals surface area contributed by atoms with Crippen LogP contribution in [0.1, 0.15) is 37.5 Å². The minimum absolute atomic E-state index is 0.176. The third kappa shape index (κ3) is 11.6. The number of hydrogen-bond donors (Lipinski definition) is 4. The number of hydrogen-bond acceptors (Lipinski definition) is 10. The smallest absolute Gasteiger partial charge is 0.146 e. The third-order valence-electron chi connectivity index (χ3n) is 8.82. The van der Waals surface area contributed by atoms with E-state index in [1.165, 1.54) is 6.33 Å². The van der Waals surface area contributed by atoms with Gasteiger partial charge >= 0.3 is 0 Å². The molecule has 0 aliphatic rings. The maximum atomic E-state index is 6.45. The van der Waals surface area contributed by atoms with Crippen molar-refractivity contribution < 1.29 is 9.47 Å². The van der Waals surface area contributed by atoms with Gasteiger partial charge in [0.05, 0.1) is 27.6 Å². The van der Waals surface area contributed by atoms with Crippen LogP contribution in [0.3, 0.4) is 0 Å². The predicted octanol–water partition coefficient (Wildman–Crippen LogP) is 11.1. The predicted molar refractivity (Wildman–Crippen MR) is 247 cm³/mol. The third-order valence-corrected chi connectivity index (χ3v) is 9.11. The molecular weight excluding hydrogens is 780 g/mol. The zero-order valence-electron chi connectivity index (χ0n) is 34.1. The average molecular weight is 823 g/mol. The van der Waals surface area contributed by atoms with Crippen LogP contribution in [0.2, 0.25) is 5.02 Å². The second-order valence-electron chi connectivity index (χ2n) is 14.6. The molecule has 0 saturated carbocycles. The molecule has 6 N–H and O–H groups in total. The van der Waals surface area contributed by atoms with Crippen molar-refractivity contribution in [1.82, 2.24) is 19.9 Å². The Kier molecular flexibility index (Phi) is 13.0. The van der Waals surface area contributed by atoms with Gasteiger partial charge in [-0.05, 0) is 130 Å². The Bertz CT molecular complexity index is 2930. The van der Waals surface area contributed by atoms with E-state index in [0.717, 1.165) is 72.9 Å². The summed E-state index contributed by atoms with van der Waals surface area (Å²) in [6, 6.07) is 42.2. The number of nitrogens with two attached hydrogens (primary N) is 2. The van der Waals surface area contributed by atoms with Crippen molar-refractivity contribution in [2.24, 2.45) is 11.5 Å². The molecule has 0 radical (unpaired) electrons. The molecule has 0 aliphatic heterocycles. The largest absolute Gasteiger partial charge is 0.457 e. The number of anilines is 4. The van der Waals surface area contributed by atoms with Crippen LogP contribution in [-0.4, -0.2) is 31.5 Å². The Morgan fingerprint density at radius 2 is 1.13 bits per heavy atom. The van der Waals surface area contributed by atoms with E-state index < -0.39 is 5.54 Å². The van der Waals surface area contributed by atoms with Gasteiger partial charge in [-0.2, -0.15) is 0 Å². The Labute approximate surface area is 360 Å². The van der Waals surface area contributed by atoms with Crippen LogP contribution in [0.25, 0.3) is 21.8 Å². The maximum Gasteiger partial charge on any atom is 0.146 e. The number of nitrogens with one attached hydrogen (secondary N) is 2. The average Bonchev–Trinajstić information content (AvgIpc) is 3.25. The standard InChI is InChI=1S/C25H21ClN4O.C25H22N4O/c1-25(2,27)13-12-17-8-10-22-20(14-17)24(29-16-28-22)30-18-9-11-23(21(26)15-18)31-19-6-4-3-5-7-19;1-17-14-20(11-13-24(17)30-21-6-4-3-5-7-21)29-25-22-15-19(9-8-18(2)26)10-12-23(22)27-16-28-25/h3-11,14-16H,27H2,1-2H3,(H,28,29,30);3-7,10-16,18H,26H2,1-2H3,(H,27,28,29). The van der Waals surface area contributed by atoms with Crippen molar-refractivity contribution in [3.8, 4) is 46.7 Å². The van der Waals surface area contributed by atoms with Gasteiger partial charge in [-0.3, -0.25) is 0 Å². The molecule has 61 heavy (non-hydrogen) atoms. The van der Waals surface area contributed by atoms with E-state index in [9.17, 15) is 0 Å². The summed E-state index contributed by atoms with van der Waals surface area (Å²) in [7, 11) is 0. The molecule has 0 saturated heterocycles. The van der Waals surface area contributed by atoms with Gasteiger partial charge in [-0.15, -0.1) is 0 Å². The molecule has 0 bridgehead atoms. The first-order valence-corrected chi connectivity index (χ1v) is 19.8. The Hall–Kier alpha value is -7.47. The molecule has 0 fully saturated rings. The van der Waals surface area contributed by atoms with Crippen LogP contribution < -0.4 is 31.6 Å². The van der Waals surface area contributed by atoms with Gasteiger partial charge in [0.2, 0.25) is 0 Å². The van der Waals surface area contributed by atoms with Gasteiger partial charge in [-0.1, -0.05) is 71.7 Å². The first-order valence-electron chi connectivity index (χ1n) is 19.4. The molecule has 0 spiro atoms. The lowest BCUT2D eigenvalue weighted by molar-refractivity contribution is 0.479. The zero-order chi connectivity index (χ0) is 42.8. The minimum Gasteiger partial charge on any atom is -0.457 e. The fourth-order valence-corrected chi connectivity index (χ4v) is 6.13. The zero-order valence-corrected chi connectivity index (χ0v) is 34.8. The maximum absolute atomic E-state index is 6.45. The molecule has 0 aliphatic carbocycles. The highest BCUT2D eigenvalue weighted by Crippen LogP contribution is 2.34. The topological polar surface area (TPSA) is 146 Å². The quantitative estimate of drug-likeness (QED) is 0.109. The van der Waals surface area contributed by atoms with Crippen molar-refractivity contribution in [3.63, 3.8) is 0 Å². The number of aromatic nitrogens is 4. The second-order valence-corrected chi connectivity index (χ2v) is 15.1. The van der Waals surface area contributed by atoms with Gasteiger partial charge < -0.3 is 31.6 Å². The lowest BCUT2D eigenvalue weighted by Crippen LogP contribution is -2.29. The first kappa shape index (κ1) is 41.7. The van der Waals surface area contributed by atoms with Crippen LogP contribution in [0.4, 0.5) is 23.0 Å². The summed E-state index contributed by atoms with van der Waals surface area (Å²) in [5.41, 5.74) is 17.2. The lowest BCUT2D eigenvalue weighted by atomic mass is 10.1. The summed E-state index contributed by atoms with van der Waals surface area (Å²) in [5.74, 6) is 16.5. The molecular formula is C50H43ClN8O2. The Balaban J connectivity index is 0.000000184. The van der Waals surface area contributed by atoms with E-state index in [1.54, 1.807) is 12.4 Å². The number of nitrogens with zero attached hydrogens (tertiary/aromatic N) is 4. The monoisotopic (exact) mass is 822 g/mol. The molecule has 1 unspecified atom stereocenters. The summed E-state index contributed by atoms with van der Waals surface area (Å²) in [5, 5.41) is 8.95. The van der Waals surface area contributed by atoms with Gasteiger partial charge in [-0.25, -0.2) is 19.9 Å². The number of aryl methyl sites for hydroxylation is 1. The number of para-hydroxylation sites is 2. The van der Waals surface area contributed by atoms with E-state index in [-0.39, 0.29) is 6.04 Å². The SMILES string of the molecule is CC(C)(N)C#Cc1ccc2ncnc(Nc3ccc(Oc4ccccc4)c(Cl)c3)c2c1.Cc1cc(Nc2ncnc3ccc(C#CC(C)N)cc23)ccc1Oc1ccccc1. The fourth-order valence-electron chi connectivity index (χ4n) is 5.91. The number of halogens is 1. The van der Waals surface area contributed by atoms with Crippen LogP contribution in [0.5, 0.6) is 23.0 Å². The highest BCUT2D eigenvalue weighted by Gasteiger charge is 2.11. The van der Waals surface area contributed by atoms with Gasteiger partial charge in [0.25, 0.3) is 0 Å². The number of benzene rings is 6. The lowest BCUT2D eigenvalue weighted by Gasteiger charge is -2.12. The van der Waals surface area contributed by atoms with E-state index in [0.29, 0.717) is 16.6 Å². The highest BCUT2D eigenvalue weighted by molar-refractivity contribution is 6.32. The van der Waals surface area contributed by atoms with Crippen molar-refractivity contribution in [1.29, 1.82) is 0 Å². The molecule has 10 nitrogen and oxygen atoms in total.